The first-order valence-electron chi connectivity index (χ1n) is 15.6. The maximum atomic E-state index is 6.26. The van der Waals surface area contributed by atoms with Crippen LogP contribution in [0.15, 0.2) is 162 Å². The van der Waals surface area contributed by atoms with E-state index < -0.39 is 0 Å². The number of rotatable bonds is 9. The zero-order chi connectivity index (χ0) is 31.0. The highest BCUT2D eigenvalue weighted by Crippen LogP contribution is 2.35. The summed E-state index contributed by atoms with van der Waals surface area (Å²) in [5, 5.41) is 2.34. The lowest BCUT2D eigenvalue weighted by Gasteiger charge is -2.26. The fourth-order valence-corrected chi connectivity index (χ4v) is 5.64. The van der Waals surface area contributed by atoms with Gasteiger partial charge in [0.05, 0.1) is 5.52 Å². The van der Waals surface area contributed by atoms with Crippen LogP contribution >= 0.6 is 0 Å². The van der Waals surface area contributed by atoms with Gasteiger partial charge in [0.25, 0.3) is 0 Å². The minimum Gasteiger partial charge on any atom is -0.434 e. The highest BCUT2D eigenvalue weighted by atomic mass is 16.3. The van der Waals surface area contributed by atoms with Crippen LogP contribution in [0, 0.1) is 0 Å². The Labute approximate surface area is 264 Å². The van der Waals surface area contributed by atoms with Gasteiger partial charge in [0.15, 0.2) is 5.58 Å². The SMILES string of the molecule is C=C/C=C(\C=C/CCc1ccc2[nH]c3c(ccc4nc(-c5ccccc5)oc43)c2c1)N(c1ccccc1)c1ccccc1.CC. The molecule has 0 spiro atoms. The predicted octanol–water partition coefficient (Wildman–Crippen LogP) is 11.6. The van der Waals surface area contributed by atoms with Crippen LogP contribution in [0.5, 0.6) is 0 Å². The molecule has 0 bridgehead atoms. The number of H-pyrrole nitrogens is 1. The Morgan fingerprint density at radius 1 is 0.800 bits per heavy atom. The van der Waals surface area contributed by atoms with Crippen LogP contribution in [0.4, 0.5) is 11.4 Å². The summed E-state index contributed by atoms with van der Waals surface area (Å²) < 4.78 is 6.26. The Morgan fingerprint density at radius 2 is 1.47 bits per heavy atom. The Hall–Kier alpha value is -5.61. The summed E-state index contributed by atoms with van der Waals surface area (Å²) in [6, 6.07) is 41.8. The molecule has 0 radical (unpaired) electrons. The van der Waals surface area contributed by atoms with Crippen LogP contribution < -0.4 is 4.90 Å². The van der Waals surface area contributed by atoms with Crippen molar-refractivity contribution in [1.29, 1.82) is 0 Å². The van der Waals surface area contributed by atoms with Crippen LogP contribution in [0.3, 0.4) is 0 Å². The fourth-order valence-electron chi connectivity index (χ4n) is 5.64. The van der Waals surface area contributed by atoms with Gasteiger partial charge in [0, 0.05) is 38.9 Å². The van der Waals surface area contributed by atoms with Crippen molar-refractivity contribution in [3.05, 3.63) is 163 Å². The monoisotopic (exact) mass is 587 g/mol. The summed E-state index contributed by atoms with van der Waals surface area (Å²) in [5.74, 6) is 0.636. The third-order valence-electron chi connectivity index (χ3n) is 7.68. The first kappa shape index (κ1) is 29.5. The lowest BCUT2D eigenvalue weighted by Crippen LogP contribution is -2.14. The highest BCUT2D eigenvalue weighted by Gasteiger charge is 2.15. The van der Waals surface area contributed by atoms with E-state index in [1.165, 1.54) is 10.9 Å². The standard InChI is InChI=1S/C39H31N3O.C2H6/c1-2-14-30(42(31-18-8-4-9-19-31)32-20-10-5-11-21-32)22-13-12-15-28-23-25-35-34(27-28)33-24-26-36-38(37(33)40-35)43-39(41-36)29-16-6-3-7-17-29;1-2/h2-11,13-14,16-27,40H,1,12,15H2;1-2H3/b22-13-,30-14+;. The molecular weight excluding hydrogens is 550 g/mol. The first-order chi connectivity index (χ1) is 22.3. The lowest BCUT2D eigenvalue weighted by atomic mass is 10.0. The summed E-state index contributed by atoms with van der Waals surface area (Å²) in [5.41, 5.74) is 9.26. The molecule has 0 saturated carbocycles. The molecule has 0 unspecified atom stereocenters. The molecule has 0 aliphatic carbocycles. The molecule has 5 aromatic carbocycles. The Kier molecular flexibility index (Phi) is 9.03. The zero-order valence-corrected chi connectivity index (χ0v) is 25.8. The average Bonchev–Trinajstić information content (AvgIpc) is 3.71. The number of aryl methyl sites for hydroxylation is 1. The lowest BCUT2D eigenvalue weighted by molar-refractivity contribution is 0.622. The number of para-hydroxylation sites is 2. The molecule has 7 rings (SSSR count). The third-order valence-corrected chi connectivity index (χ3v) is 7.68. The van der Waals surface area contributed by atoms with Gasteiger partial charge in [-0.05, 0) is 91.2 Å². The molecular formula is C41H37N3O. The van der Waals surface area contributed by atoms with Gasteiger partial charge in [-0.3, -0.25) is 0 Å². The van der Waals surface area contributed by atoms with Gasteiger partial charge in [-0.15, -0.1) is 0 Å². The van der Waals surface area contributed by atoms with E-state index in [9.17, 15) is 0 Å². The number of nitrogens with one attached hydrogen (secondary N) is 1. The van der Waals surface area contributed by atoms with E-state index in [1.807, 2.05) is 62.4 Å². The van der Waals surface area contributed by atoms with E-state index in [2.05, 4.69) is 114 Å². The second-order valence-corrected chi connectivity index (χ2v) is 10.5. The molecule has 1 N–H and O–H groups in total. The van der Waals surface area contributed by atoms with Gasteiger partial charge < -0.3 is 14.3 Å². The molecule has 4 nitrogen and oxygen atoms in total. The topological polar surface area (TPSA) is 45.1 Å². The van der Waals surface area contributed by atoms with Gasteiger partial charge in [0.1, 0.15) is 5.52 Å². The number of benzene rings is 5. The molecule has 0 fully saturated rings. The summed E-state index contributed by atoms with van der Waals surface area (Å²) in [7, 11) is 0. The van der Waals surface area contributed by atoms with Crippen molar-refractivity contribution in [2.24, 2.45) is 0 Å². The molecule has 7 aromatic rings. The number of oxazole rings is 1. The van der Waals surface area contributed by atoms with E-state index >= 15 is 0 Å². The first-order valence-corrected chi connectivity index (χ1v) is 15.6. The maximum Gasteiger partial charge on any atom is 0.227 e. The maximum absolute atomic E-state index is 6.26. The summed E-state index contributed by atoms with van der Waals surface area (Å²) in [6.45, 7) is 7.98. The second kappa shape index (κ2) is 13.8. The number of aromatic amines is 1. The molecule has 2 heterocycles. The van der Waals surface area contributed by atoms with Crippen molar-refractivity contribution in [1.82, 2.24) is 9.97 Å². The second-order valence-electron chi connectivity index (χ2n) is 10.5. The summed E-state index contributed by atoms with van der Waals surface area (Å²) in [6.07, 6.45) is 10.2. The number of aromatic nitrogens is 2. The van der Waals surface area contributed by atoms with Crippen molar-refractivity contribution >= 4 is 44.3 Å². The van der Waals surface area contributed by atoms with E-state index in [4.69, 9.17) is 9.40 Å². The number of hydrogen-bond acceptors (Lipinski definition) is 3. The van der Waals surface area contributed by atoms with Crippen molar-refractivity contribution in [3.63, 3.8) is 0 Å². The molecule has 0 atom stereocenters. The number of anilines is 2. The van der Waals surface area contributed by atoms with Gasteiger partial charge in [-0.2, -0.15) is 0 Å². The number of nitrogens with zero attached hydrogens (tertiary/aromatic N) is 2. The quantitative estimate of drug-likeness (QED) is 0.171. The predicted molar refractivity (Wildman–Crippen MR) is 191 cm³/mol. The zero-order valence-electron chi connectivity index (χ0n) is 25.8. The normalized spacial score (nSPS) is 11.6. The molecule has 45 heavy (non-hydrogen) atoms. The van der Waals surface area contributed by atoms with Crippen molar-refractivity contribution in [2.45, 2.75) is 26.7 Å². The van der Waals surface area contributed by atoms with Gasteiger partial charge in [0.2, 0.25) is 5.89 Å². The molecule has 0 aliphatic rings. The Morgan fingerprint density at radius 3 is 2.13 bits per heavy atom. The smallest absolute Gasteiger partial charge is 0.227 e. The minimum atomic E-state index is 0.636. The molecule has 222 valence electrons. The molecule has 2 aromatic heterocycles. The van der Waals surface area contributed by atoms with Crippen LogP contribution in [-0.2, 0) is 6.42 Å². The number of fused-ring (bicyclic) bond motifs is 5. The van der Waals surface area contributed by atoms with Crippen LogP contribution in [0.1, 0.15) is 25.8 Å². The highest BCUT2D eigenvalue weighted by molar-refractivity contribution is 6.15. The third kappa shape index (κ3) is 6.22. The van der Waals surface area contributed by atoms with Gasteiger partial charge >= 0.3 is 0 Å². The van der Waals surface area contributed by atoms with Crippen molar-refractivity contribution < 1.29 is 4.42 Å². The van der Waals surface area contributed by atoms with E-state index in [-0.39, 0.29) is 0 Å². The molecule has 4 heteroatoms. The summed E-state index contributed by atoms with van der Waals surface area (Å²) in [4.78, 5) is 10.6. The van der Waals surface area contributed by atoms with Crippen LogP contribution in [-0.4, -0.2) is 9.97 Å². The van der Waals surface area contributed by atoms with Crippen molar-refractivity contribution in [3.8, 4) is 11.5 Å². The number of hydrogen-bond donors (Lipinski definition) is 1. The van der Waals surface area contributed by atoms with Crippen LogP contribution in [0.2, 0.25) is 0 Å². The van der Waals surface area contributed by atoms with E-state index in [0.29, 0.717) is 5.89 Å². The largest absolute Gasteiger partial charge is 0.434 e. The molecule has 0 aliphatic heterocycles. The summed E-state index contributed by atoms with van der Waals surface area (Å²) >= 11 is 0. The average molecular weight is 588 g/mol. The Bertz CT molecular complexity index is 2050. The van der Waals surface area contributed by atoms with Gasteiger partial charge in [-0.1, -0.05) is 93.2 Å². The Balaban J connectivity index is 0.00000175. The van der Waals surface area contributed by atoms with E-state index in [0.717, 1.165) is 63.0 Å². The van der Waals surface area contributed by atoms with Crippen LogP contribution in [0.25, 0.3) is 44.4 Å². The van der Waals surface area contributed by atoms with E-state index in [1.54, 1.807) is 0 Å². The molecule has 0 amide bonds. The fraction of sp³-hybridized carbons (Fsp3) is 0.0976. The number of allylic oxidation sites excluding steroid dienone is 4. The van der Waals surface area contributed by atoms with Gasteiger partial charge in [-0.25, -0.2) is 4.98 Å². The van der Waals surface area contributed by atoms with Crippen molar-refractivity contribution in [2.75, 3.05) is 4.90 Å². The molecule has 0 saturated heterocycles. The minimum absolute atomic E-state index is 0.636.